The van der Waals surface area contributed by atoms with Gasteiger partial charge in [0.25, 0.3) is 0 Å². The lowest BCUT2D eigenvalue weighted by atomic mass is 9.47. The molecule has 4 aliphatic rings. The van der Waals surface area contributed by atoms with Gasteiger partial charge in [0.1, 0.15) is 5.60 Å². The first-order valence-electron chi connectivity index (χ1n) is 9.48. The minimum atomic E-state index is -1.34. The average Bonchev–Trinajstić information content (AvgIpc) is 2.80. The number of Topliss-reactive ketones (excluding diaryl/α,β-unsaturated/α-hetero) is 1. The highest BCUT2D eigenvalue weighted by molar-refractivity contribution is 5.92. The Kier molecular flexibility index (Phi) is 3.53. The van der Waals surface area contributed by atoms with Crippen molar-refractivity contribution < 1.29 is 19.8 Å². The van der Waals surface area contributed by atoms with Gasteiger partial charge in [-0.05, 0) is 61.5 Å². The fourth-order valence-electron chi connectivity index (χ4n) is 6.71. The highest BCUT2D eigenvalue weighted by Gasteiger charge is 2.67. The van der Waals surface area contributed by atoms with Crippen LogP contribution in [0.15, 0.2) is 23.8 Å². The minimum Gasteiger partial charge on any atom is -0.393 e. The number of carbonyl (C=O) groups excluding carboxylic acids is 2. The van der Waals surface area contributed by atoms with Crippen LogP contribution < -0.4 is 0 Å². The van der Waals surface area contributed by atoms with Crippen molar-refractivity contribution in [3.8, 4) is 0 Å². The van der Waals surface area contributed by atoms with Crippen molar-refractivity contribution in [1.82, 2.24) is 0 Å². The van der Waals surface area contributed by atoms with Crippen LogP contribution >= 0.6 is 0 Å². The molecule has 2 saturated carbocycles. The van der Waals surface area contributed by atoms with Gasteiger partial charge in [0.2, 0.25) is 0 Å². The van der Waals surface area contributed by atoms with Gasteiger partial charge in [0, 0.05) is 17.8 Å². The molecule has 2 fully saturated rings. The third-order valence-corrected chi connectivity index (χ3v) is 8.19. The number of fused-ring (bicyclic) bond motifs is 5. The van der Waals surface area contributed by atoms with Crippen LogP contribution in [0.4, 0.5) is 0 Å². The second kappa shape index (κ2) is 5.14. The third kappa shape index (κ3) is 2.01. The summed E-state index contributed by atoms with van der Waals surface area (Å²) in [6, 6.07) is 0. The molecule has 4 rings (SSSR count). The molecule has 4 heteroatoms. The number of aliphatic hydroxyl groups excluding tert-OH is 1. The van der Waals surface area contributed by atoms with Crippen LogP contribution in [-0.4, -0.2) is 33.5 Å². The van der Waals surface area contributed by atoms with Crippen molar-refractivity contribution in [2.45, 2.75) is 64.6 Å². The first kappa shape index (κ1) is 17.2. The summed E-state index contributed by atoms with van der Waals surface area (Å²) in [6.45, 7) is 5.62. The molecule has 0 aromatic carbocycles. The van der Waals surface area contributed by atoms with Crippen LogP contribution in [-0.2, 0) is 9.59 Å². The van der Waals surface area contributed by atoms with Gasteiger partial charge in [-0.15, -0.1) is 0 Å². The molecule has 4 aliphatic carbocycles. The predicted octanol–water partition coefficient (Wildman–Crippen LogP) is 2.59. The molecule has 1 unspecified atom stereocenters. The molecule has 2 N–H and O–H groups in total. The van der Waals surface area contributed by atoms with E-state index in [2.05, 4.69) is 19.1 Å². The Balaban J connectivity index is 1.80. The van der Waals surface area contributed by atoms with E-state index >= 15 is 0 Å². The van der Waals surface area contributed by atoms with Gasteiger partial charge in [0.15, 0.2) is 11.6 Å². The topological polar surface area (TPSA) is 74.6 Å². The lowest BCUT2D eigenvalue weighted by Crippen LogP contribution is -2.60. The summed E-state index contributed by atoms with van der Waals surface area (Å²) in [5.74, 6) is 0.347. The van der Waals surface area contributed by atoms with Crippen LogP contribution in [0.2, 0.25) is 0 Å². The number of allylic oxidation sites excluding steroid dienone is 4. The minimum absolute atomic E-state index is 0.0456. The largest absolute Gasteiger partial charge is 0.393 e. The van der Waals surface area contributed by atoms with Gasteiger partial charge < -0.3 is 10.2 Å². The van der Waals surface area contributed by atoms with E-state index in [4.69, 9.17) is 0 Å². The molecule has 0 aromatic rings. The van der Waals surface area contributed by atoms with E-state index in [0.29, 0.717) is 19.3 Å². The van der Waals surface area contributed by atoms with Gasteiger partial charge >= 0.3 is 0 Å². The number of aliphatic hydroxyl groups is 2. The summed E-state index contributed by atoms with van der Waals surface area (Å²) in [6.07, 6.45) is 8.38. The quantitative estimate of drug-likeness (QED) is 0.767. The molecule has 0 aromatic heterocycles. The normalized spacial score (nSPS) is 51.4. The van der Waals surface area contributed by atoms with Gasteiger partial charge in [-0.25, -0.2) is 0 Å². The van der Waals surface area contributed by atoms with Gasteiger partial charge in [-0.2, -0.15) is 0 Å². The highest BCUT2D eigenvalue weighted by Crippen LogP contribution is 2.66. The van der Waals surface area contributed by atoms with E-state index in [1.54, 1.807) is 6.08 Å². The molecule has 0 bridgehead atoms. The molecule has 4 nitrogen and oxygen atoms in total. The molecule has 0 saturated heterocycles. The van der Waals surface area contributed by atoms with E-state index < -0.39 is 17.1 Å². The number of hydrogen-bond acceptors (Lipinski definition) is 4. The van der Waals surface area contributed by atoms with Crippen LogP contribution in [0.25, 0.3) is 0 Å². The molecule has 136 valence electrons. The maximum absolute atomic E-state index is 12.2. The van der Waals surface area contributed by atoms with E-state index in [1.807, 2.05) is 6.92 Å². The lowest BCUT2D eigenvalue weighted by molar-refractivity contribution is -0.170. The first-order valence-corrected chi connectivity index (χ1v) is 9.48. The fourth-order valence-corrected chi connectivity index (χ4v) is 6.71. The Hall–Kier alpha value is -1.26. The summed E-state index contributed by atoms with van der Waals surface area (Å²) in [5, 5.41) is 22.3. The fraction of sp³-hybridized carbons (Fsp3) is 0.714. The SMILES string of the molecule is CC(=O)[C@@]1(O)CC[C@H]2[C@@H]3C=CC4=CC(=O)CC[C@]4(C)[C@H]3C(O)C[C@@]21C. The second-order valence-electron chi connectivity index (χ2n) is 9.20. The molecule has 0 radical (unpaired) electrons. The standard InChI is InChI=1S/C21H28O4/c1-12(22)21(25)9-7-16-15-5-4-13-10-14(23)6-8-19(13,2)18(15)17(24)11-20(16,21)3/h4-5,10,15-18,24-25H,6-9,11H2,1-3H3/t15-,16-,17?,18+,19-,20-,21-/m0/s1. The Morgan fingerprint density at radius 1 is 1.28 bits per heavy atom. The predicted molar refractivity (Wildman–Crippen MR) is 93.6 cm³/mol. The van der Waals surface area contributed by atoms with Gasteiger partial charge in [0.05, 0.1) is 6.10 Å². The van der Waals surface area contributed by atoms with Crippen LogP contribution in [0.3, 0.4) is 0 Å². The number of hydrogen-bond donors (Lipinski definition) is 2. The summed E-state index contributed by atoms with van der Waals surface area (Å²) in [4.78, 5) is 24.1. The maximum Gasteiger partial charge on any atom is 0.161 e. The smallest absolute Gasteiger partial charge is 0.161 e. The third-order valence-electron chi connectivity index (χ3n) is 8.19. The zero-order chi connectivity index (χ0) is 18.2. The summed E-state index contributed by atoms with van der Waals surface area (Å²) in [5.41, 5.74) is -1.10. The van der Waals surface area contributed by atoms with Crippen molar-refractivity contribution in [2.75, 3.05) is 0 Å². The number of carbonyl (C=O) groups is 2. The van der Waals surface area contributed by atoms with E-state index in [0.717, 1.165) is 18.4 Å². The van der Waals surface area contributed by atoms with Gasteiger partial charge in [-0.1, -0.05) is 26.0 Å². The maximum atomic E-state index is 12.2. The number of rotatable bonds is 1. The molecule has 25 heavy (non-hydrogen) atoms. The summed E-state index contributed by atoms with van der Waals surface area (Å²) in [7, 11) is 0. The molecule has 7 atom stereocenters. The van der Waals surface area contributed by atoms with Crippen molar-refractivity contribution in [1.29, 1.82) is 0 Å². The molecular weight excluding hydrogens is 316 g/mol. The summed E-state index contributed by atoms with van der Waals surface area (Å²) < 4.78 is 0. The molecule has 0 heterocycles. The van der Waals surface area contributed by atoms with Crippen molar-refractivity contribution >= 4 is 11.6 Å². The molecule has 0 amide bonds. The molecule has 0 spiro atoms. The first-order chi connectivity index (χ1) is 11.6. The summed E-state index contributed by atoms with van der Waals surface area (Å²) >= 11 is 0. The van der Waals surface area contributed by atoms with Crippen molar-refractivity contribution in [3.05, 3.63) is 23.8 Å². The number of ketones is 2. The molecule has 0 aliphatic heterocycles. The van der Waals surface area contributed by atoms with Crippen molar-refractivity contribution in [3.63, 3.8) is 0 Å². The van der Waals surface area contributed by atoms with E-state index in [9.17, 15) is 19.8 Å². The van der Waals surface area contributed by atoms with Gasteiger partial charge in [-0.3, -0.25) is 9.59 Å². The Morgan fingerprint density at radius 2 is 2.00 bits per heavy atom. The monoisotopic (exact) mass is 344 g/mol. The zero-order valence-electron chi connectivity index (χ0n) is 15.3. The van der Waals surface area contributed by atoms with E-state index in [-0.39, 0.29) is 34.7 Å². The Labute approximate surface area is 149 Å². The molecular formula is C21H28O4. The van der Waals surface area contributed by atoms with Crippen molar-refractivity contribution in [2.24, 2.45) is 28.6 Å². The Bertz CT molecular complexity index is 707. The van der Waals surface area contributed by atoms with E-state index in [1.165, 1.54) is 6.92 Å². The lowest BCUT2D eigenvalue weighted by Gasteiger charge is -2.58. The second-order valence-corrected chi connectivity index (χ2v) is 9.20. The zero-order valence-corrected chi connectivity index (χ0v) is 15.3. The Morgan fingerprint density at radius 3 is 2.68 bits per heavy atom. The van der Waals surface area contributed by atoms with Crippen LogP contribution in [0.5, 0.6) is 0 Å². The highest BCUT2D eigenvalue weighted by atomic mass is 16.3. The van der Waals surface area contributed by atoms with Crippen LogP contribution in [0, 0.1) is 28.6 Å². The van der Waals surface area contributed by atoms with Crippen LogP contribution in [0.1, 0.15) is 52.9 Å². The average molecular weight is 344 g/mol.